The summed E-state index contributed by atoms with van der Waals surface area (Å²) < 4.78 is 100. The van der Waals surface area contributed by atoms with Gasteiger partial charge < -0.3 is 9.15 Å². The van der Waals surface area contributed by atoms with Gasteiger partial charge in [0.25, 0.3) is 0 Å². The van der Waals surface area contributed by atoms with Gasteiger partial charge in [0, 0.05) is 53.4 Å². The van der Waals surface area contributed by atoms with E-state index >= 15 is 0 Å². The van der Waals surface area contributed by atoms with Gasteiger partial charge in [-0.05, 0) is 199 Å². The molecule has 9 aromatic rings. The monoisotopic (exact) mass is 877 g/mol. The maximum Gasteiger partial charge on any atom is 0.145 e. The summed E-state index contributed by atoms with van der Waals surface area (Å²) in [6.45, 7) is 3.24. The lowest BCUT2D eigenvalue weighted by Gasteiger charge is -2.49. The quantitative estimate of drug-likeness (QED) is 0.150. The molecule has 0 bridgehead atoms. The highest BCUT2D eigenvalue weighted by Gasteiger charge is 2.44. The molecule has 6 aromatic carbocycles. The molecule has 3 heterocycles. The molecule has 332 valence electrons. The number of hydrogen-bond donors (Lipinski definition) is 0. The molecular formula is C62H62N2O2. The second kappa shape index (κ2) is 16.3. The van der Waals surface area contributed by atoms with Crippen molar-refractivity contribution in [1.29, 1.82) is 0 Å². The van der Waals surface area contributed by atoms with Crippen LogP contribution in [0, 0.1) is 50.1 Å². The number of hydrogen-bond acceptors (Lipinski definition) is 4. The molecule has 0 amide bonds. The normalized spacial score (nSPS) is 23.4. The Morgan fingerprint density at radius 1 is 0.652 bits per heavy atom. The summed E-state index contributed by atoms with van der Waals surface area (Å²) in [6, 6.07) is 36.0. The first kappa shape index (κ1) is 32.4. The van der Waals surface area contributed by atoms with Crippen molar-refractivity contribution in [2.75, 3.05) is 0 Å². The van der Waals surface area contributed by atoms with Gasteiger partial charge in [0.15, 0.2) is 0 Å². The van der Waals surface area contributed by atoms with Crippen LogP contribution in [0.15, 0.2) is 132 Å². The highest BCUT2D eigenvalue weighted by molar-refractivity contribution is 6.24. The molecule has 4 heteroatoms. The van der Waals surface area contributed by atoms with Crippen molar-refractivity contribution < 1.29 is 22.9 Å². The molecule has 0 spiro atoms. The van der Waals surface area contributed by atoms with Crippen molar-refractivity contribution in [1.82, 2.24) is 9.97 Å². The van der Waals surface area contributed by atoms with E-state index in [1.807, 2.05) is 42.6 Å². The fourth-order valence-electron chi connectivity index (χ4n) is 11.5. The molecule has 2 fully saturated rings. The molecule has 3 unspecified atom stereocenters. The number of aryl methyl sites for hydroxylation is 3. The fraction of sp³-hybridized carbons (Fsp3) is 0.323. The van der Waals surface area contributed by atoms with Crippen LogP contribution in [0.1, 0.15) is 120 Å². The van der Waals surface area contributed by atoms with Gasteiger partial charge in [-0.15, -0.1) is 0 Å². The van der Waals surface area contributed by atoms with Crippen LogP contribution in [0.2, 0.25) is 0 Å². The number of fused-ring (bicyclic) bond motifs is 7. The maximum atomic E-state index is 9.87. The summed E-state index contributed by atoms with van der Waals surface area (Å²) in [5, 5.41) is 5.65. The predicted molar refractivity (Wildman–Crippen MR) is 276 cm³/mol. The van der Waals surface area contributed by atoms with Crippen LogP contribution in [-0.2, 0) is 0 Å². The molecule has 0 N–H and O–H groups in total. The molecule has 3 aromatic heterocycles. The van der Waals surface area contributed by atoms with Crippen molar-refractivity contribution in [2.45, 2.75) is 106 Å². The molecule has 66 heavy (non-hydrogen) atoms. The van der Waals surface area contributed by atoms with Gasteiger partial charge in [0.1, 0.15) is 22.7 Å². The molecule has 0 radical (unpaired) electrons. The second-order valence-corrected chi connectivity index (χ2v) is 20.3. The SMILES string of the molecule is [2H]C([2H])([2H])c1cnc(-c2cc(Oc3cc(-c4cc(C5CCC(C)(C6([2H])CCC(C)(C)CC6)CC5C)c(C)cn4)c4oc5c(ccc6ccc7ccccc7c65)c4c3)c(C([2H])([2H])[2H])c(-c3ccccc3)c2)cc1C([2H])([2H])[2H]. The third-order valence-corrected chi connectivity index (χ3v) is 15.4. The molecule has 11 rings (SSSR count). The Balaban J connectivity index is 1.10. The van der Waals surface area contributed by atoms with E-state index in [-0.39, 0.29) is 39.3 Å². The van der Waals surface area contributed by atoms with E-state index in [0.29, 0.717) is 50.8 Å². The highest BCUT2D eigenvalue weighted by Crippen LogP contribution is 2.56. The minimum Gasteiger partial charge on any atom is -0.457 e. The van der Waals surface area contributed by atoms with E-state index in [1.54, 1.807) is 36.4 Å². The van der Waals surface area contributed by atoms with E-state index in [2.05, 4.69) is 76.0 Å². The Labute approximate surface area is 404 Å². The van der Waals surface area contributed by atoms with Crippen LogP contribution >= 0.6 is 0 Å². The van der Waals surface area contributed by atoms with Crippen LogP contribution in [0.5, 0.6) is 11.5 Å². The van der Waals surface area contributed by atoms with E-state index in [0.717, 1.165) is 89.0 Å². The standard InChI is InChI=1S/C62H62N2O2/c1-37-28-55(63-35-39(37)3)45-29-52(42-14-10-9-11-15-42)41(5)57(30-45)65-47-31-53-50-21-20-44-19-18-43-16-12-13-17-49(43)58(44)60(50)66-59(53)54(32-47)56-33-51(40(4)36-64-56)48-24-27-62(8,34-38(48)2)46-22-25-61(6,7)26-23-46/h9-21,28-33,35-36,38,46,48H,22-27,34H2,1-8H3/i1D3,3D3,5D3,46D. The lowest BCUT2D eigenvalue weighted by atomic mass is 9.56. The first-order valence-electron chi connectivity index (χ1n) is 28.5. The number of pyridine rings is 2. The van der Waals surface area contributed by atoms with Crippen LogP contribution in [0.3, 0.4) is 0 Å². The Kier molecular flexibility index (Phi) is 7.99. The first-order chi connectivity index (χ1) is 35.8. The Bertz CT molecular complexity index is 3730. The maximum absolute atomic E-state index is 9.87. The number of rotatable bonds is 7. The molecule has 3 atom stereocenters. The summed E-state index contributed by atoms with van der Waals surface area (Å²) in [5.41, 5.74) is 5.57. The average Bonchev–Trinajstić information content (AvgIpc) is 3.92. The number of nitrogens with zero attached hydrogens (tertiary/aromatic N) is 2. The van der Waals surface area contributed by atoms with Crippen LogP contribution in [-0.4, -0.2) is 9.97 Å². The van der Waals surface area contributed by atoms with Gasteiger partial charge in [0.05, 0.1) is 11.4 Å². The van der Waals surface area contributed by atoms with Crippen LogP contribution in [0.4, 0.5) is 0 Å². The van der Waals surface area contributed by atoms with E-state index in [4.69, 9.17) is 26.5 Å². The molecule has 2 aliphatic rings. The topological polar surface area (TPSA) is 48.2 Å². The molecule has 0 saturated heterocycles. The molecule has 4 nitrogen and oxygen atoms in total. The third-order valence-electron chi connectivity index (χ3n) is 15.4. The summed E-state index contributed by atoms with van der Waals surface area (Å²) in [5.74, 6) is 0.374. The van der Waals surface area contributed by atoms with Crippen molar-refractivity contribution in [3.8, 4) is 45.1 Å². The molecule has 2 aliphatic carbocycles. The van der Waals surface area contributed by atoms with Gasteiger partial charge in [0.2, 0.25) is 0 Å². The number of aromatic nitrogens is 2. The summed E-state index contributed by atoms with van der Waals surface area (Å²) >= 11 is 0. The van der Waals surface area contributed by atoms with Gasteiger partial charge in [-0.2, -0.15) is 0 Å². The van der Waals surface area contributed by atoms with Crippen LogP contribution < -0.4 is 4.74 Å². The zero-order valence-electron chi connectivity index (χ0n) is 48.4. The molecule has 2 saturated carbocycles. The summed E-state index contributed by atoms with van der Waals surface area (Å²) in [7, 11) is 0. The van der Waals surface area contributed by atoms with E-state index in [9.17, 15) is 1.37 Å². The first-order valence-corrected chi connectivity index (χ1v) is 23.5. The number of furan rings is 1. The zero-order valence-corrected chi connectivity index (χ0v) is 38.4. The summed E-state index contributed by atoms with van der Waals surface area (Å²) in [4.78, 5) is 9.62. The lowest BCUT2D eigenvalue weighted by molar-refractivity contribution is 0.0289. The summed E-state index contributed by atoms with van der Waals surface area (Å²) in [6.07, 6.45) is 9.89. The average molecular weight is 877 g/mol. The highest BCUT2D eigenvalue weighted by atomic mass is 16.5. The minimum absolute atomic E-state index is 0.0200. The van der Waals surface area contributed by atoms with Crippen molar-refractivity contribution in [3.63, 3.8) is 0 Å². The number of ether oxygens (including phenoxy) is 1. The van der Waals surface area contributed by atoms with Crippen molar-refractivity contribution in [3.05, 3.63) is 155 Å². The van der Waals surface area contributed by atoms with Crippen LogP contribution in [0.25, 0.3) is 77.1 Å². The fourth-order valence-corrected chi connectivity index (χ4v) is 11.5. The van der Waals surface area contributed by atoms with Gasteiger partial charge in [-0.25, -0.2) is 0 Å². The predicted octanol–water partition coefficient (Wildman–Crippen LogP) is 17.8. The second-order valence-electron chi connectivity index (χ2n) is 20.3. The van der Waals surface area contributed by atoms with E-state index in [1.165, 1.54) is 11.6 Å². The smallest absolute Gasteiger partial charge is 0.145 e. The number of benzene rings is 6. The van der Waals surface area contributed by atoms with Crippen molar-refractivity contribution in [2.24, 2.45) is 22.6 Å². The minimum atomic E-state index is -2.80. The molecule has 0 aliphatic heterocycles. The van der Waals surface area contributed by atoms with Gasteiger partial charge >= 0.3 is 0 Å². The van der Waals surface area contributed by atoms with Gasteiger partial charge in [-0.1, -0.05) is 100 Å². The Morgan fingerprint density at radius 3 is 2.21 bits per heavy atom. The van der Waals surface area contributed by atoms with Gasteiger partial charge in [-0.3, -0.25) is 9.97 Å². The lowest BCUT2D eigenvalue weighted by Crippen LogP contribution is -2.38. The van der Waals surface area contributed by atoms with Crippen molar-refractivity contribution >= 4 is 43.5 Å². The Morgan fingerprint density at radius 2 is 1.41 bits per heavy atom. The molecular weight excluding hydrogens is 805 g/mol. The largest absolute Gasteiger partial charge is 0.457 e. The Hall–Kier alpha value is -6.26. The third kappa shape index (κ3) is 7.47. The zero-order chi connectivity index (χ0) is 53.9. The van der Waals surface area contributed by atoms with E-state index < -0.39 is 32.0 Å².